The SMILES string of the molecule is CC(C)(C)OC(=O)N1CCC2(CCc3cc(-c4ccc(NS(C)(=O)=O)cc4)ccc3O2)CC1. The first kappa shape index (κ1) is 23.4. The molecule has 0 radical (unpaired) electrons. The van der Waals surface area contributed by atoms with Gasteiger partial charge in [0.15, 0.2) is 0 Å². The number of sulfonamides is 1. The number of fused-ring (bicyclic) bond motifs is 1. The molecule has 2 aliphatic rings. The summed E-state index contributed by atoms with van der Waals surface area (Å²) in [7, 11) is -3.29. The third kappa shape index (κ3) is 5.79. The number of likely N-dealkylation sites (tertiary alicyclic amines) is 1. The molecule has 0 atom stereocenters. The lowest BCUT2D eigenvalue weighted by atomic mass is 9.82. The molecule has 0 aliphatic carbocycles. The predicted octanol–water partition coefficient (Wildman–Crippen LogP) is 4.82. The van der Waals surface area contributed by atoms with Gasteiger partial charge >= 0.3 is 6.09 Å². The van der Waals surface area contributed by atoms with E-state index in [2.05, 4.69) is 10.8 Å². The average molecular weight is 473 g/mol. The highest BCUT2D eigenvalue weighted by molar-refractivity contribution is 7.92. The third-order valence-electron chi connectivity index (χ3n) is 6.08. The molecule has 0 aromatic heterocycles. The summed E-state index contributed by atoms with van der Waals surface area (Å²) >= 11 is 0. The minimum atomic E-state index is -3.29. The zero-order chi connectivity index (χ0) is 23.9. The van der Waals surface area contributed by atoms with Crippen molar-refractivity contribution in [2.45, 2.75) is 57.7 Å². The smallest absolute Gasteiger partial charge is 0.410 e. The molecular formula is C25H32N2O5S. The Balaban J connectivity index is 1.41. The van der Waals surface area contributed by atoms with E-state index >= 15 is 0 Å². The monoisotopic (exact) mass is 472 g/mol. The number of carbonyl (C=O) groups is 1. The van der Waals surface area contributed by atoms with Crippen molar-refractivity contribution in [1.29, 1.82) is 0 Å². The van der Waals surface area contributed by atoms with Gasteiger partial charge in [0.1, 0.15) is 17.0 Å². The molecule has 1 N–H and O–H groups in total. The molecule has 7 nitrogen and oxygen atoms in total. The van der Waals surface area contributed by atoms with E-state index in [1.807, 2.05) is 45.0 Å². The van der Waals surface area contributed by atoms with Crippen LogP contribution in [-0.4, -0.2) is 50.0 Å². The van der Waals surface area contributed by atoms with Gasteiger partial charge in [-0.15, -0.1) is 0 Å². The molecule has 2 aromatic rings. The Morgan fingerprint density at radius 3 is 2.27 bits per heavy atom. The first-order valence-corrected chi connectivity index (χ1v) is 13.2. The number of rotatable bonds is 3. The Hall–Kier alpha value is -2.74. The number of amides is 1. The van der Waals surface area contributed by atoms with E-state index in [-0.39, 0.29) is 11.7 Å². The third-order valence-corrected chi connectivity index (χ3v) is 6.69. The van der Waals surface area contributed by atoms with Crippen LogP contribution in [-0.2, 0) is 21.2 Å². The fraction of sp³-hybridized carbons (Fsp3) is 0.480. The number of aryl methyl sites for hydroxylation is 1. The summed E-state index contributed by atoms with van der Waals surface area (Å²) in [6, 6.07) is 13.6. The van der Waals surface area contributed by atoms with Gasteiger partial charge in [-0.2, -0.15) is 0 Å². The topological polar surface area (TPSA) is 84.9 Å². The molecule has 2 aromatic carbocycles. The highest BCUT2D eigenvalue weighted by atomic mass is 32.2. The van der Waals surface area contributed by atoms with Crippen LogP contribution in [0.1, 0.15) is 45.6 Å². The van der Waals surface area contributed by atoms with E-state index in [9.17, 15) is 13.2 Å². The Morgan fingerprint density at radius 1 is 1.03 bits per heavy atom. The lowest BCUT2D eigenvalue weighted by Gasteiger charge is -2.44. The second-order valence-corrected chi connectivity index (χ2v) is 11.8. The average Bonchev–Trinajstić information content (AvgIpc) is 2.72. The van der Waals surface area contributed by atoms with Gasteiger partial charge in [0.2, 0.25) is 10.0 Å². The van der Waals surface area contributed by atoms with Gasteiger partial charge in [-0.25, -0.2) is 13.2 Å². The number of anilines is 1. The van der Waals surface area contributed by atoms with Crippen molar-refractivity contribution >= 4 is 21.8 Å². The molecule has 4 rings (SSSR count). The zero-order valence-electron chi connectivity index (χ0n) is 19.7. The predicted molar refractivity (Wildman–Crippen MR) is 129 cm³/mol. The standard InChI is InChI=1S/C25H32N2O5S/c1-24(2,3)32-23(28)27-15-13-25(14-16-27)12-11-20-17-19(7-10-22(20)31-25)18-5-8-21(9-6-18)26-33(4,29)30/h5-10,17,26H,11-16H2,1-4H3. The van der Waals surface area contributed by atoms with Crippen LogP contribution in [0.15, 0.2) is 42.5 Å². The van der Waals surface area contributed by atoms with Crippen LogP contribution in [0, 0.1) is 0 Å². The fourth-order valence-corrected chi connectivity index (χ4v) is 4.99. The van der Waals surface area contributed by atoms with Gasteiger partial charge in [-0.1, -0.05) is 18.2 Å². The van der Waals surface area contributed by atoms with E-state index in [0.717, 1.165) is 48.8 Å². The van der Waals surface area contributed by atoms with Crippen molar-refractivity contribution in [1.82, 2.24) is 4.90 Å². The number of ether oxygens (including phenoxy) is 2. The van der Waals surface area contributed by atoms with Crippen molar-refractivity contribution < 1.29 is 22.7 Å². The van der Waals surface area contributed by atoms with Gasteiger partial charge in [0.25, 0.3) is 0 Å². The Kier molecular flexibility index (Phi) is 6.07. The highest BCUT2D eigenvalue weighted by Crippen LogP contribution is 2.41. The Morgan fingerprint density at radius 2 is 1.67 bits per heavy atom. The lowest BCUT2D eigenvalue weighted by molar-refractivity contribution is -0.0272. The van der Waals surface area contributed by atoms with Crippen LogP contribution < -0.4 is 9.46 Å². The minimum absolute atomic E-state index is 0.230. The molecule has 33 heavy (non-hydrogen) atoms. The van der Waals surface area contributed by atoms with Crippen LogP contribution in [0.3, 0.4) is 0 Å². The molecule has 8 heteroatoms. The highest BCUT2D eigenvalue weighted by Gasteiger charge is 2.41. The van der Waals surface area contributed by atoms with Crippen LogP contribution >= 0.6 is 0 Å². The van der Waals surface area contributed by atoms with E-state index < -0.39 is 15.6 Å². The molecule has 0 saturated carbocycles. The van der Waals surface area contributed by atoms with Gasteiger partial charge < -0.3 is 14.4 Å². The summed E-state index contributed by atoms with van der Waals surface area (Å²) in [4.78, 5) is 14.2. The van der Waals surface area contributed by atoms with Crippen molar-refractivity contribution in [3.8, 4) is 16.9 Å². The maximum absolute atomic E-state index is 12.4. The molecule has 178 valence electrons. The molecule has 1 spiro atoms. The summed E-state index contributed by atoms with van der Waals surface area (Å²) in [5.41, 5.74) is 3.08. The van der Waals surface area contributed by atoms with E-state index in [1.165, 1.54) is 5.56 Å². The largest absolute Gasteiger partial charge is 0.487 e. The van der Waals surface area contributed by atoms with E-state index in [0.29, 0.717) is 18.8 Å². The van der Waals surface area contributed by atoms with Crippen molar-refractivity contribution in [3.63, 3.8) is 0 Å². The quantitative estimate of drug-likeness (QED) is 0.692. The number of benzene rings is 2. The lowest BCUT2D eigenvalue weighted by Crippen LogP contribution is -2.52. The summed E-state index contributed by atoms with van der Waals surface area (Å²) in [6.45, 7) is 6.92. The molecule has 1 amide bonds. The normalized spacial score (nSPS) is 17.8. The summed E-state index contributed by atoms with van der Waals surface area (Å²) < 4.78 is 37.3. The molecular weight excluding hydrogens is 440 g/mol. The van der Waals surface area contributed by atoms with Crippen LogP contribution in [0.2, 0.25) is 0 Å². The number of piperidine rings is 1. The van der Waals surface area contributed by atoms with E-state index in [1.54, 1.807) is 17.0 Å². The Labute approximate surface area is 196 Å². The summed E-state index contributed by atoms with van der Waals surface area (Å²) in [5.74, 6) is 0.908. The van der Waals surface area contributed by atoms with Gasteiger partial charge in [0, 0.05) is 31.6 Å². The van der Waals surface area contributed by atoms with Crippen LogP contribution in [0.25, 0.3) is 11.1 Å². The summed E-state index contributed by atoms with van der Waals surface area (Å²) in [5, 5.41) is 0. The van der Waals surface area contributed by atoms with Gasteiger partial charge in [-0.3, -0.25) is 4.72 Å². The number of hydrogen-bond donors (Lipinski definition) is 1. The zero-order valence-corrected chi connectivity index (χ0v) is 20.5. The maximum Gasteiger partial charge on any atom is 0.410 e. The number of carbonyl (C=O) groups excluding carboxylic acids is 1. The molecule has 0 unspecified atom stereocenters. The molecule has 2 aliphatic heterocycles. The van der Waals surface area contributed by atoms with Gasteiger partial charge in [0.05, 0.1) is 6.26 Å². The van der Waals surface area contributed by atoms with Crippen molar-refractivity contribution in [2.75, 3.05) is 24.1 Å². The molecule has 1 saturated heterocycles. The molecule has 1 fully saturated rings. The number of nitrogens with one attached hydrogen (secondary N) is 1. The fourth-order valence-electron chi connectivity index (χ4n) is 4.42. The number of hydrogen-bond acceptors (Lipinski definition) is 5. The second kappa shape index (κ2) is 8.56. The number of nitrogens with zero attached hydrogens (tertiary/aromatic N) is 1. The molecule has 0 bridgehead atoms. The second-order valence-electron chi connectivity index (χ2n) is 10.0. The van der Waals surface area contributed by atoms with Gasteiger partial charge in [-0.05, 0) is 74.6 Å². The first-order valence-electron chi connectivity index (χ1n) is 11.3. The Bertz CT molecular complexity index is 1130. The first-order chi connectivity index (χ1) is 15.4. The summed E-state index contributed by atoms with van der Waals surface area (Å²) in [6.07, 6.45) is 4.31. The maximum atomic E-state index is 12.4. The van der Waals surface area contributed by atoms with Crippen LogP contribution in [0.4, 0.5) is 10.5 Å². The minimum Gasteiger partial charge on any atom is -0.487 e. The van der Waals surface area contributed by atoms with E-state index in [4.69, 9.17) is 9.47 Å². The van der Waals surface area contributed by atoms with Crippen LogP contribution in [0.5, 0.6) is 5.75 Å². The molecule has 2 heterocycles. The van der Waals surface area contributed by atoms with Crippen molar-refractivity contribution in [3.05, 3.63) is 48.0 Å². The van der Waals surface area contributed by atoms with Crippen molar-refractivity contribution in [2.24, 2.45) is 0 Å².